The van der Waals surface area contributed by atoms with Gasteiger partial charge in [-0.1, -0.05) is 30.0 Å². The molecule has 6 rings (SSSR count). The van der Waals surface area contributed by atoms with Crippen molar-refractivity contribution in [3.63, 3.8) is 0 Å². The van der Waals surface area contributed by atoms with Crippen LogP contribution in [0, 0.1) is 0 Å². The van der Waals surface area contributed by atoms with Crippen LogP contribution in [0.3, 0.4) is 0 Å². The van der Waals surface area contributed by atoms with E-state index in [1.807, 2.05) is 0 Å². The van der Waals surface area contributed by atoms with E-state index in [4.69, 9.17) is 52.4 Å². The van der Waals surface area contributed by atoms with Crippen molar-refractivity contribution >= 4 is 75.1 Å². The number of fused-ring (bicyclic) bond motifs is 3. The molecule has 2 fully saturated rings. The van der Waals surface area contributed by atoms with Crippen LogP contribution in [0.4, 0.5) is 0 Å². The smallest absolute Gasteiger partial charge is 0.303 e. The van der Waals surface area contributed by atoms with Gasteiger partial charge in [0.15, 0.2) is 47.4 Å². The van der Waals surface area contributed by atoms with Gasteiger partial charge in [-0.3, -0.25) is 42.9 Å². The van der Waals surface area contributed by atoms with E-state index in [2.05, 4.69) is 0 Å². The van der Waals surface area contributed by atoms with Gasteiger partial charge in [0.1, 0.15) is 36.4 Å². The van der Waals surface area contributed by atoms with Gasteiger partial charge in [0.05, 0.1) is 11.1 Å². The van der Waals surface area contributed by atoms with Crippen molar-refractivity contribution in [2.45, 2.75) is 133 Å². The summed E-state index contributed by atoms with van der Waals surface area (Å²) in [5, 5.41) is 0.609. The number of carbonyl (C=O) groups is 7. The number of hydrogen-bond acceptors (Lipinski definition) is 21. The highest BCUT2D eigenvalue weighted by Crippen LogP contribution is 2.41. The molecule has 2 saturated heterocycles. The van der Waals surface area contributed by atoms with Gasteiger partial charge in [0.2, 0.25) is 0 Å². The number of aromatic nitrogens is 2. The van der Waals surface area contributed by atoms with Crippen LogP contribution in [0.1, 0.15) is 65.3 Å². The summed E-state index contributed by atoms with van der Waals surface area (Å²) in [4.78, 5) is 109. The van der Waals surface area contributed by atoms with Crippen molar-refractivity contribution in [3.05, 3.63) is 51.1 Å². The predicted molar refractivity (Wildman–Crippen MR) is 216 cm³/mol. The number of aryl methyl sites for hydroxylation is 2. The molecule has 1 aromatic carbocycles. The summed E-state index contributed by atoms with van der Waals surface area (Å²) in [6.45, 7) is 6.37. The highest BCUT2D eigenvalue weighted by Gasteiger charge is 2.57. The molecule has 2 aromatic heterocycles. The van der Waals surface area contributed by atoms with Gasteiger partial charge in [-0.15, -0.1) is 11.3 Å². The zero-order chi connectivity index (χ0) is 45.7. The van der Waals surface area contributed by atoms with Gasteiger partial charge < -0.3 is 47.4 Å². The summed E-state index contributed by atoms with van der Waals surface area (Å²) in [6.07, 6.45) is -12.1. The van der Waals surface area contributed by atoms with E-state index in [9.17, 15) is 38.4 Å². The van der Waals surface area contributed by atoms with E-state index < -0.39 is 116 Å². The Hall–Kier alpha value is -5.42. The van der Waals surface area contributed by atoms with E-state index in [0.29, 0.717) is 15.9 Å². The Morgan fingerprint density at radius 3 is 1.76 bits per heavy atom. The minimum atomic E-state index is -1.84. The van der Waals surface area contributed by atoms with Crippen LogP contribution in [0.25, 0.3) is 15.9 Å². The summed E-state index contributed by atoms with van der Waals surface area (Å²) >= 11 is 2.27. The largest absolute Gasteiger partial charge is 0.463 e. The second-order valence-corrected chi connectivity index (χ2v) is 16.8. The van der Waals surface area contributed by atoms with Crippen molar-refractivity contribution in [1.82, 2.24) is 9.55 Å². The second kappa shape index (κ2) is 20.4. The van der Waals surface area contributed by atoms with E-state index in [-0.39, 0.29) is 10.7 Å². The molecule has 22 heteroatoms. The topological polar surface area (TPSA) is 247 Å². The van der Waals surface area contributed by atoms with Crippen LogP contribution < -0.4 is 5.56 Å². The lowest BCUT2D eigenvalue weighted by molar-refractivity contribution is -0.341. The number of para-hydroxylation sites is 1. The molecule has 3 aliphatic rings. The number of carbonyl (C=O) groups excluding carboxylic acids is 7. The Kier molecular flexibility index (Phi) is 15.2. The average molecular weight is 919 g/mol. The molecular formula is C41H46N2O18S2. The van der Waals surface area contributed by atoms with Crippen molar-refractivity contribution in [1.29, 1.82) is 0 Å². The lowest BCUT2D eigenvalue weighted by atomic mass is 9.96. The molecule has 20 nitrogen and oxygen atoms in total. The molecule has 0 radical (unpaired) electrons. The maximum atomic E-state index is 14.5. The summed E-state index contributed by atoms with van der Waals surface area (Å²) in [5.74, 6) is -5.96. The lowest BCUT2D eigenvalue weighted by Gasteiger charge is -2.48. The molecule has 0 spiro atoms. The first-order chi connectivity index (χ1) is 29.9. The summed E-state index contributed by atoms with van der Waals surface area (Å²) < 4.78 is 59.5. The maximum absolute atomic E-state index is 14.5. The molecule has 63 heavy (non-hydrogen) atoms. The number of hydrogen-bond donors (Lipinski definition) is 0. The molecule has 0 saturated carbocycles. The summed E-state index contributed by atoms with van der Waals surface area (Å²) in [6, 6.07) is 8.72. The Morgan fingerprint density at radius 2 is 1.19 bits per heavy atom. The Labute approximate surface area is 368 Å². The van der Waals surface area contributed by atoms with Crippen LogP contribution in [-0.2, 0) is 93.8 Å². The van der Waals surface area contributed by atoms with E-state index >= 15 is 0 Å². The van der Waals surface area contributed by atoms with Gasteiger partial charge in [0.25, 0.3) is 5.56 Å². The van der Waals surface area contributed by atoms with Crippen LogP contribution >= 0.6 is 23.1 Å². The predicted octanol–water partition coefficient (Wildman–Crippen LogP) is 2.65. The number of thiophene rings is 1. The first-order valence-electron chi connectivity index (χ1n) is 19.8. The Balaban J connectivity index is 1.47. The summed E-state index contributed by atoms with van der Waals surface area (Å²) in [5.41, 5.74) is -0.292. The van der Waals surface area contributed by atoms with Gasteiger partial charge in [-0.2, -0.15) is 0 Å². The zero-order valence-electron chi connectivity index (χ0n) is 35.3. The van der Waals surface area contributed by atoms with Crippen LogP contribution in [-0.4, -0.2) is 125 Å². The number of ether oxygens (including phenoxy) is 10. The first-order valence-corrected chi connectivity index (χ1v) is 21.5. The molecule has 1 aliphatic carbocycles. The Morgan fingerprint density at radius 1 is 0.667 bits per heavy atom. The fourth-order valence-electron chi connectivity index (χ4n) is 7.58. The van der Waals surface area contributed by atoms with Gasteiger partial charge in [-0.05, 0) is 37.0 Å². The third kappa shape index (κ3) is 11.2. The van der Waals surface area contributed by atoms with Gasteiger partial charge >= 0.3 is 41.8 Å². The van der Waals surface area contributed by atoms with E-state index in [1.54, 1.807) is 30.3 Å². The van der Waals surface area contributed by atoms with Crippen molar-refractivity contribution in [2.24, 2.45) is 0 Å². The molecule has 4 heterocycles. The van der Waals surface area contributed by atoms with Crippen molar-refractivity contribution in [2.75, 3.05) is 13.2 Å². The third-order valence-electron chi connectivity index (χ3n) is 9.83. The van der Waals surface area contributed by atoms with Crippen molar-refractivity contribution < 1.29 is 80.9 Å². The Bertz CT molecular complexity index is 2300. The first kappa shape index (κ1) is 47.1. The van der Waals surface area contributed by atoms with Crippen LogP contribution in [0.2, 0.25) is 0 Å². The number of nitrogens with zero attached hydrogens (tertiary/aromatic N) is 2. The van der Waals surface area contributed by atoms with E-state index in [0.717, 1.165) is 89.9 Å². The number of benzene rings is 1. The second-order valence-electron chi connectivity index (χ2n) is 14.7. The molecule has 0 bridgehead atoms. The molecule has 0 unspecified atom stereocenters. The molecule has 3 aromatic rings. The van der Waals surface area contributed by atoms with E-state index in [1.165, 1.54) is 15.9 Å². The minimum Gasteiger partial charge on any atom is -0.463 e. The number of rotatable bonds is 14. The summed E-state index contributed by atoms with van der Waals surface area (Å²) in [7, 11) is 0. The highest BCUT2D eigenvalue weighted by atomic mass is 32.2. The normalized spacial score (nSPS) is 26.5. The fourth-order valence-corrected chi connectivity index (χ4v) is 10.1. The number of thioether (sulfide) groups is 1. The molecule has 0 amide bonds. The molecule has 2 aliphatic heterocycles. The fraction of sp³-hybridized carbons (Fsp3) is 0.537. The highest BCUT2D eigenvalue weighted by molar-refractivity contribution is 7.99. The quantitative estimate of drug-likeness (QED) is 0.128. The minimum absolute atomic E-state index is 0.118. The SMILES string of the molecule is CC(=O)OC[C@@H]1O[C@@H](Sc2nc3sc4c(c3c(=O)n2-c2ccccc2)CCC4)[C@@H](OC(C)=O)[C@H](OC(C)=O)[C@H]1O[C@H]1O[C@@H](COC(C)=O)[C@@H](OC(C)=O)[C@@H](OC(C)=O)[C@@H]1OC(C)=O. The van der Waals surface area contributed by atoms with Crippen molar-refractivity contribution in [3.8, 4) is 5.69 Å². The standard InChI is InChI=1S/C41H46N2O18S2/c1-18(44)52-16-27-31(54-20(3)46)33(55-21(4)47)35(57-23(6)49)39(59-27)61-32-28(17-53-19(2)45)60-40(36(58-24(7)50)34(32)56-22(5)48)63-41-42-37-30(26-14-11-15-29(26)62-37)38(51)43(41)25-12-9-8-10-13-25/h8-10,12-13,27-28,31-36,39-40H,11,14-17H2,1-7H3/t27-,28-,31+,32-,33+,34+,35-,36-,39+,40-/m0/s1. The average Bonchev–Trinajstić information content (AvgIpc) is 3.79. The molecule has 0 N–H and O–H groups in total. The monoisotopic (exact) mass is 918 g/mol. The van der Waals surface area contributed by atoms with Crippen LogP contribution in [0.5, 0.6) is 0 Å². The maximum Gasteiger partial charge on any atom is 0.303 e. The zero-order valence-corrected chi connectivity index (χ0v) is 36.9. The molecule has 10 atom stereocenters. The number of esters is 7. The molecular weight excluding hydrogens is 873 g/mol. The van der Waals surface area contributed by atoms with Crippen LogP contribution in [0.15, 0.2) is 40.3 Å². The molecule has 340 valence electrons. The van der Waals surface area contributed by atoms with Gasteiger partial charge in [-0.25, -0.2) is 4.98 Å². The van der Waals surface area contributed by atoms with Gasteiger partial charge in [0, 0.05) is 53.3 Å². The lowest BCUT2D eigenvalue weighted by Crippen LogP contribution is -2.66. The third-order valence-corrected chi connectivity index (χ3v) is 12.1.